The Kier molecular flexibility index (Phi) is 9.69. The van der Waals surface area contributed by atoms with Crippen LogP contribution in [0.1, 0.15) is 63.0 Å². The highest BCUT2D eigenvalue weighted by molar-refractivity contribution is 5.81. The summed E-state index contributed by atoms with van der Waals surface area (Å²) >= 11 is 0. The highest BCUT2D eigenvalue weighted by Gasteiger charge is 2.29. The Morgan fingerprint density at radius 2 is 1.38 bits per heavy atom. The van der Waals surface area contributed by atoms with Crippen molar-refractivity contribution in [3.63, 3.8) is 0 Å². The lowest BCUT2D eigenvalue weighted by molar-refractivity contribution is -0.150. The van der Waals surface area contributed by atoms with E-state index in [-0.39, 0.29) is 13.0 Å². The van der Waals surface area contributed by atoms with Crippen molar-refractivity contribution in [1.82, 2.24) is 5.32 Å². The minimum absolute atomic E-state index is 0.144. The summed E-state index contributed by atoms with van der Waals surface area (Å²) in [6.45, 7) is 7.08. The van der Waals surface area contributed by atoms with E-state index in [1.54, 1.807) is 52.0 Å². The number of carbonyl (C=O) groups excluding carboxylic acids is 2. The Morgan fingerprint density at radius 3 is 1.86 bits per heavy atom. The Morgan fingerprint density at radius 1 is 0.838 bits per heavy atom. The van der Waals surface area contributed by atoms with E-state index in [9.17, 15) is 14.7 Å². The van der Waals surface area contributed by atoms with Gasteiger partial charge in [-0.1, -0.05) is 72.8 Å². The van der Waals surface area contributed by atoms with E-state index in [0.29, 0.717) is 5.75 Å². The quantitative estimate of drug-likeness (QED) is 0.342. The molecule has 0 saturated carbocycles. The predicted molar refractivity (Wildman–Crippen MR) is 141 cm³/mol. The number of ether oxygens (including phenoxy) is 3. The maximum atomic E-state index is 13.4. The summed E-state index contributed by atoms with van der Waals surface area (Å²) in [6, 6.07) is 24.9. The minimum atomic E-state index is -0.999. The van der Waals surface area contributed by atoms with Crippen LogP contribution >= 0.6 is 0 Å². The zero-order valence-electron chi connectivity index (χ0n) is 21.7. The summed E-state index contributed by atoms with van der Waals surface area (Å²) in [5.74, 6) is -0.0168. The van der Waals surface area contributed by atoms with Crippen molar-refractivity contribution in [2.45, 2.75) is 58.0 Å². The number of aliphatic hydroxyl groups is 1. The van der Waals surface area contributed by atoms with Crippen LogP contribution in [0.5, 0.6) is 5.75 Å². The largest absolute Gasteiger partial charge is 0.494 e. The number of aliphatic hydroxyl groups excluding tert-OH is 1. The van der Waals surface area contributed by atoms with Crippen LogP contribution in [0.2, 0.25) is 0 Å². The van der Waals surface area contributed by atoms with Crippen LogP contribution in [0.3, 0.4) is 0 Å². The van der Waals surface area contributed by atoms with Gasteiger partial charge in [-0.2, -0.15) is 0 Å². The van der Waals surface area contributed by atoms with Crippen LogP contribution in [0.4, 0.5) is 4.79 Å². The molecule has 2 N–H and O–H groups in total. The standard InChI is InChI=1S/C30H35NO6/c1-21(32)22-15-17-25(18-16-22)35-20-19-26(31-29(34)37-30(2,3)4)28(33)36-27(23-11-7-5-8-12-23)24-13-9-6-10-14-24/h5-18,21,26-27,32H,19-20H2,1-4H3,(H,31,34)/t21?,26-/m1/s1. The predicted octanol–water partition coefficient (Wildman–Crippen LogP) is 5.73. The Hall–Kier alpha value is -3.84. The second-order valence-corrected chi connectivity index (χ2v) is 9.72. The number of esters is 1. The molecule has 0 radical (unpaired) electrons. The van der Waals surface area contributed by atoms with Crippen LogP contribution in [0.15, 0.2) is 84.9 Å². The van der Waals surface area contributed by atoms with Gasteiger partial charge in [-0.15, -0.1) is 0 Å². The molecule has 0 aliphatic rings. The second-order valence-electron chi connectivity index (χ2n) is 9.72. The van der Waals surface area contributed by atoms with Crippen molar-refractivity contribution in [1.29, 1.82) is 0 Å². The number of rotatable bonds is 10. The van der Waals surface area contributed by atoms with Crippen LogP contribution < -0.4 is 10.1 Å². The van der Waals surface area contributed by atoms with E-state index in [0.717, 1.165) is 16.7 Å². The summed E-state index contributed by atoms with van der Waals surface area (Å²) < 4.78 is 17.1. The molecule has 0 fully saturated rings. The van der Waals surface area contributed by atoms with Gasteiger partial charge in [0, 0.05) is 6.42 Å². The lowest BCUT2D eigenvalue weighted by Crippen LogP contribution is -2.45. The first-order valence-electron chi connectivity index (χ1n) is 12.3. The zero-order chi connectivity index (χ0) is 26.8. The van der Waals surface area contributed by atoms with E-state index in [1.165, 1.54) is 0 Å². The van der Waals surface area contributed by atoms with Gasteiger partial charge in [-0.3, -0.25) is 0 Å². The van der Waals surface area contributed by atoms with E-state index < -0.39 is 35.9 Å². The van der Waals surface area contributed by atoms with Crippen LogP contribution in [0, 0.1) is 0 Å². The van der Waals surface area contributed by atoms with Crippen molar-refractivity contribution in [2.75, 3.05) is 6.61 Å². The highest BCUT2D eigenvalue weighted by Crippen LogP contribution is 2.27. The molecule has 3 aromatic rings. The lowest BCUT2D eigenvalue weighted by Gasteiger charge is -2.25. The summed E-state index contributed by atoms with van der Waals surface area (Å²) in [6.07, 6.45) is -1.78. The molecule has 7 nitrogen and oxygen atoms in total. The third-order valence-electron chi connectivity index (χ3n) is 5.45. The fourth-order valence-electron chi connectivity index (χ4n) is 3.62. The number of alkyl carbamates (subject to hydrolysis) is 1. The average molecular weight is 506 g/mol. The molecule has 0 spiro atoms. The lowest BCUT2D eigenvalue weighted by atomic mass is 10.0. The van der Waals surface area contributed by atoms with E-state index in [4.69, 9.17) is 14.2 Å². The van der Waals surface area contributed by atoms with Crippen molar-refractivity contribution in [2.24, 2.45) is 0 Å². The molecule has 7 heteroatoms. The SMILES string of the molecule is CC(O)c1ccc(OCC[C@@H](NC(=O)OC(C)(C)C)C(=O)OC(c2ccccc2)c2ccccc2)cc1. The smallest absolute Gasteiger partial charge is 0.408 e. The number of carbonyl (C=O) groups is 2. The maximum Gasteiger partial charge on any atom is 0.408 e. The number of nitrogens with one attached hydrogen (secondary N) is 1. The number of amides is 1. The van der Waals surface area contributed by atoms with Crippen LogP contribution in [0.25, 0.3) is 0 Å². The molecule has 1 amide bonds. The topological polar surface area (TPSA) is 94.1 Å². The van der Waals surface area contributed by atoms with Gasteiger partial charge in [0.05, 0.1) is 12.7 Å². The molecule has 0 bridgehead atoms. The summed E-state index contributed by atoms with van der Waals surface area (Å²) in [4.78, 5) is 25.9. The van der Waals surface area contributed by atoms with Crippen molar-refractivity contribution < 1.29 is 28.9 Å². The van der Waals surface area contributed by atoms with Gasteiger partial charge in [-0.25, -0.2) is 9.59 Å². The first kappa shape index (κ1) is 27.7. The summed E-state index contributed by atoms with van der Waals surface area (Å²) in [5, 5.41) is 12.3. The summed E-state index contributed by atoms with van der Waals surface area (Å²) in [5.41, 5.74) is 1.67. The van der Waals surface area contributed by atoms with Gasteiger partial charge in [0.25, 0.3) is 0 Å². The minimum Gasteiger partial charge on any atom is -0.494 e. The molecular weight excluding hydrogens is 470 g/mol. The zero-order valence-corrected chi connectivity index (χ0v) is 21.7. The fourth-order valence-corrected chi connectivity index (χ4v) is 3.62. The van der Waals surface area contributed by atoms with Gasteiger partial charge in [0.1, 0.15) is 17.4 Å². The highest BCUT2D eigenvalue weighted by atomic mass is 16.6. The number of benzene rings is 3. The molecule has 0 aromatic heterocycles. The average Bonchev–Trinajstić information content (AvgIpc) is 2.87. The molecule has 1 unspecified atom stereocenters. The normalized spacial score (nSPS) is 12.9. The third kappa shape index (κ3) is 8.95. The number of hydrogen-bond acceptors (Lipinski definition) is 6. The van der Waals surface area contributed by atoms with E-state index >= 15 is 0 Å². The molecule has 0 aliphatic carbocycles. The molecule has 0 saturated heterocycles. The molecule has 3 aromatic carbocycles. The van der Waals surface area contributed by atoms with Crippen LogP contribution in [-0.2, 0) is 14.3 Å². The van der Waals surface area contributed by atoms with Crippen molar-refractivity contribution >= 4 is 12.1 Å². The second kappa shape index (κ2) is 12.9. The molecule has 2 atom stereocenters. The Bertz CT molecular complexity index is 1080. The van der Waals surface area contributed by atoms with Gasteiger partial charge < -0.3 is 24.6 Å². The molecule has 196 valence electrons. The van der Waals surface area contributed by atoms with Gasteiger partial charge >= 0.3 is 12.1 Å². The van der Waals surface area contributed by atoms with Gasteiger partial charge in [0.15, 0.2) is 6.10 Å². The Balaban J connectivity index is 1.75. The molecular formula is C30H35NO6. The third-order valence-corrected chi connectivity index (χ3v) is 5.45. The van der Waals surface area contributed by atoms with E-state index in [2.05, 4.69) is 5.32 Å². The van der Waals surface area contributed by atoms with Gasteiger partial charge in [-0.05, 0) is 56.5 Å². The number of hydrogen-bond donors (Lipinski definition) is 2. The Labute approximate surface area is 218 Å². The molecule has 3 rings (SSSR count). The summed E-state index contributed by atoms with van der Waals surface area (Å²) in [7, 11) is 0. The first-order valence-corrected chi connectivity index (χ1v) is 12.3. The molecule has 0 heterocycles. The van der Waals surface area contributed by atoms with Crippen LogP contribution in [-0.4, -0.2) is 35.4 Å². The fraction of sp³-hybridized carbons (Fsp3) is 0.333. The molecule has 0 aliphatic heterocycles. The first-order chi connectivity index (χ1) is 17.6. The molecule has 37 heavy (non-hydrogen) atoms. The van der Waals surface area contributed by atoms with E-state index in [1.807, 2.05) is 60.7 Å². The monoisotopic (exact) mass is 505 g/mol. The van der Waals surface area contributed by atoms with Gasteiger partial charge in [0.2, 0.25) is 0 Å². The maximum absolute atomic E-state index is 13.4. The van der Waals surface area contributed by atoms with Crippen molar-refractivity contribution in [3.8, 4) is 5.75 Å². The van der Waals surface area contributed by atoms with Crippen molar-refractivity contribution in [3.05, 3.63) is 102 Å².